The molecule has 0 bridgehead atoms. The minimum absolute atomic E-state index is 0.0562. The zero-order valence-electron chi connectivity index (χ0n) is 16.3. The maximum absolute atomic E-state index is 13.9. The molecule has 148 valence electrons. The Morgan fingerprint density at radius 2 is 1.55 bits per heavy atom. The van der Waals surface area contributed by atoms with Crippen LogP contribution in [-0.4, -0.2) is 25.9 Å². The lowest BCUT2D eigenvalue weighted by atomic mass is 10.1. The van der Waals surface area contributed by atoms with E-state index >= 15 is 0 Å². The van der Waals surface area contributed by atoms with E-state index in [9.17, 15) is 14.0 Å². The molecule has 3 rings (SSSR count). The van der Waals surface area contributed by atoms with Gasteiger partial charge in [0.1, 0.15) is 5.82 Å². The summed E-state index contributed by atoms with van der Waals surface area (Å²) in [6.07, 6.45) is 0. The Bertz CT molecular complexity index is 1020. The number of benzene rings is 3. The van der Waals surface area contributed by atoms with Crippen molar-refractivity contribution >= 4 is 23.2 Å². The Hall–Kier alpha value is -3.67. The fourth-order valence-electron chi connectivity index (χ4n) is 2.90. The molecule has 0 aliphatic rings. The molecule has 6 heteroatoms. The van der Waals surface area contributed by atoms with Crippen LogP contribution in [0.5, 0.6) is 0 Å². The summed E-state index contributed by atoms with van der Waals surface area (Å²) in [5, 5.41) is 5.55. The summed E-state index contributed by atoms with van der Waals surface area (Å²) >= 11 is 0. The molecule has 0 saturated heterocycles. The van der Waals surface area contributed by atoms with Gasteiger partial charge in [-0.2, -0.15) is 0 Å². The average molecular weight is 391 g/mol. The molecule has 0 spiro atoms. The fraction of sp³-hybridized carbons (Fsp3) is 0.130. The average Bonchev–Trinajstić information content (AvgIpc) is 2.72. The van der Waals surface area contributed by atoms with Gasteiger partial charge in [0.2, 0.25) is 0 Å². The molecule has 0 aliphatic heterocycles. The van der Waals surface area contributed by atoms with Gasteiger partial charge in [0.05, 0.1) is 11.1 Å². The lowest BCUT2D eigenvalue weighted by Gasteiger charge is -2.18. The fourth-order valence-corrected chi connectivity index (χ4v) is 2.90. The molecule has 29 heavy (non-hydrogen) atoms. The summed E-state index contributed by atoms with van der Waals surface area (Å²) in [6, 6.07) is 20.4. The van der Waals surface area contributed by atoms with Crippen LogP contribution in [0.25, 0.3) is 0 Å². The first-order chi connectivity index (χ1) is 14.0. The molecule has 0 radical (unpaired) electrons. The number of halogens is 1. The van der Waals surface area contributed by atoms with Gasteiger partial charge < -0.3 is 15.5 Å². The molecule has 0 unspecified atom stereocenters. The molecule has 0 heterocycles. The van der Waals surface area contributed by atoms with Crippen LogP contribution >= 0.6 is 0 Å². The SMILES string of the molecule is CN(C)c1ccc(NC(=O)c2ccccc2F)cc1C(=O)NCc1ccccc1. The number of rotatable bonds is 6. The lowest BCUT2D eigenvalue weighted by molar-refractivity contribution is 0.0950. The third kappa shape index (κ3) is 4.99. The summed E-state index contributed by atoms with van der Waals surface area (Å²) in [5.41, 5.74) is 2.46. The molecule has 0 aromatic heterocycles. The van der Waals surface area contributed by atoms with Crippen molar-refractivity contribution < 1.29 is 14.0 Å². The van der Waals surface area contributed by atoms with Gasteiger partial charge in [0, 0.05) is 32.0 Å². The molecule has 2 N–H and O–H groups in total. The van der Waals surface area contributed by atoms with Gasteiger partial charge in [-0.3, -0.25) is 9.59 Å². The third-order valence-electron chi connectivity index (χ3n) is 4.40. The summed E-state index contributed by atoms with van der Waals surface area (Å²) in [5.74, 6) is -1.44. The van der Waals surface area contributed by atoms with Gasteiger partial charge in [-0.1, -0.05) is 42.5 Å². The van der Waals surface area contributed by atoms with Crippen LogP contribution < -0.4 is 15.5 Å². The number of carbonyl (C=O) groups excluding carboxylic acids is 2. The molecule has 0 aliphatic carbocycles. The quantitative estimate of drug-likeness (QED) is 0.666. The molecular formula is C23H22FN3O2. The van der Waals surface area contributed by atoms with Gasteiger partial charge >= 0.3 is 0 Å². The summed E-state index contributed by atoms with van der Waals surface area (Å²) in [6.45, 7) is 0.387. The molecule has 2 amide bonds. The Morgan fingerprint density at radius 1 is 0.862 bits per heavy atom. The van der Waals surface area contributed by atoms with E-state index in [1.165, 1.54) is 18.2 Å². The van der Waals surface area contributed by atoms with Crippen molar-refractivity contribution in [3.63, 3.8) is 0 Å². The number of nitrogens with zero attached hydrogens (tertiary/aromatic N) is 1. The Morgan fingerprint density at radius 3 is 2.24 bits per heavy atom. The zero-order valence-corrected chi connectivity index (χ0v) is 16.3. The number of carbonyl (C=O) groups is 2. The van der Waals surface area contributed by atoms with E-state index in [2.05, 4.69) is 10.6 Å². The highest BCUT2D eigenvalue weighted by Crippen LogP contribution is 2.24. The Kier molecular flexibility index (Phi) is 6.24. The van der Waals surface area contributed by atoms with Crippen molar-refractivity contribution in [3.8, 4) is 0 Å². The second kappa shape index (κ2) is 9.01. The number of amides is 2. The maximum atomic E-state index is 13.9. The summed E-state index contributed by atoms with van der Waals surface area (Å²) < 4.78 is 13.9. The molecule has 3 aromatic carbocycles. The highest BCUT2D eigenvalue weighted by atomic mass is 19.1. The lowest BCUT2D eigenvalue weighted by Crippen LogP contribution is -2.25. The highest BCUT2D eigenvalue weighted by Gasteiger charge is 2.16. The van der Waals surface area contributed by atoms with E-state index in [1.807, 2.05) is 49.3 Å². The van der Waals surface area contributed by atoms with Crippen molar-refractivity contribution in [1.82, 2.24) is 5.32 Å². The Balaban J connectivity index is 1.81. The summed E-state index contributed by atoms with van der Waals surface area (Å²) in [4.78, 5) is 27.0. The Labute approximate surface area is 169 Å². The molecule has 0 fully saturated rings. The van der Waals surface area contributed by atoms with E-state index in [0.717, 1.165) is 5.56 Å². The molecule has 5 nitrogen and oxygen atoms in total. The predicted molar refractivity (Wildman–Crippen MR) is 113 cm³/mol. The second-order valence-electron chi connectivity index (χ2n) is 6.73. The van der Waals surface area contributed by atoms with E-state index in [1.54, 1.807) is 24.3 Å². The number of nitrogens with one attached hydrogen (secondary N) is 2. The molecule has 0 saturated carbocycles. The van der Waals surface area contributed by atoms with E-state index in [4.69, 9.17) is 0 Å². The number of hydrogen-bond acceptors (Lipinski definition) is 3. The van der Waals surface area contributed by atoms with E-state index in [0.29, 0.717) is 23.5 Å². The summed E-state index contributed by atoms with van der Waals surface area (Å²) in [7, 11) is 3.67. The van der Waals surface area contributed by atoms with Crippen molar-refractivity contribution in [1.29, 1.82) is 0 Å². The first kappa shape index (κ1) is 20.1. The van der Waals surface area contributed by atoms with Gasteiger partial charge in [-0.25, -0.2) is 4.39 Å². The van der Waals surface area contributed by atoms with Crippen molar-refractivity contribution in [2.45, 2.75) is 6.54 Å². The monoisotopic (exact) mass is 391 g/mol. The van der Waals surface area contributed by atoms with Gasteiger partial charge in [-0.05, 0) is 35.9 Å². The molecule has 3 aromatic rings. The van der Waals surface area contributed by atoms with E-state index in [-0.39, 0.29) is 11.5 Å². The van der Waals surface area contributed by atoms with Crippen molar-refractivity contribution in [2.24, 2.45) is 0 Å². The molecular weight excluding hydrogens is 369 g/mol. The maximum Gasteiger partial charge on any atom is 0.258 e. The normalized spacial score (nSPS) is 10.3. The third-order valence-corrected chi connectivity index (χ3v) is 4.40. The minimum Gasteiger partial charge on any atom is -0.377 e. The standard InChI is InChI=1S/C23H22FN3O2/c1-27(2)21-13-12-17(26-23(29)18-10-6-7-11-20(18)24)14-19(21)22(28)25-15-16-8-4-3-5-9-16/h3-14H,15H2,1-2H3,(H,25,28)(H,26,29). The van der Waals surface area contributed by atoms with Gasteiger partial charge in [0.25, 0.3) is 11.8 Å². The smallest absolute Gasteiger partial charge is 0.258 e. The predicted octanol–water partition coefficient (Wildman–Crippen LogP) is 4.07. The highest BCUT2D eigenvalue weighted by molar-refractivity contribution is 6.06. The number of hydrogen-bond donors (Lipinski definition) is 2. The van der Waals surface area contributed by atoms with Crippen molar-refractivity contribution in [3.05, 3.63) is 95.3 Å². The van der Waals surface area contributed by atoms with Crippen LogP contribution in [0.2, 0.25) is 0 Å². The zero-order chi connectivity index (χ0) is 20.8. The number of anilines is 2. The van der Waals surface area contributed by atoms with Crippen molar-refractivity contribution in [2.75, 3.05) is 24.3 Å². The van der Waals surface area contributed by atoms with Crippen LogP contribution in [0.3, 0.4) is 0 Å². The molecule has 0 atom stereocenters. The van der Waals surface area contributed by atoms with Crippen LogP contribution in [0.1, 0.15) is 26.3 Å². The van der Waals surface area contributed by atoms with Crippen LogP contribution in [0.4, 0.5) is 15.8 Å². The van der Waals surface area contributed by atoms with Gasteiger partial charge in [0.15, 0.2) is 0 Å². The second-order valence-corrected chi connectivity index (χ2v) is 6.73. The minimum atomic E-state index is -0.601. The van der Waals surface area contributed by atoms with E-state index < -0.39 is 11.7 Å². The first-order valence-electron chi connectivity index (χ1n) is 9.15. The van der Waals surface area contributed by atoms with Crippen LogP contribution in [0, 0.1) is 5.82 Å². The largest absolute Gasteiger partial charge is 0.377 e. The first-order valence-corrected chi connectivity index (χ1v) is 9.15. The van der Waals surface area contributed by atoms with Gasteiger partial charge in [-0.15, -0.1) is 0 Å². The van der Waals surface area contributed by atoms with Crippen LogP contribution in [-0.2, 0) is 6.54 Å². The van der Waals surface area contributed by atoms with Crippen LogP contribution in [0.15, 0.2) is 72.8 Å². The topological polar surface area (TPSA) is 61.4 Å².